The Morgan fingerprint density at radius 1 is 1.24 bits per heavy atom. The van der Waals surface area contributed by atoms with Gasteiger partial charge in [-0.2, -0.15) is 0 Å². The quantitative estimate of drug-likeness (QED) is 0.829. The Hall–Kier alpha value is -2.30. The fourth-order valence-corrected chi connectivity index (χ4v) is 2.18. The second kappa shape index (κ2) is 6.43. The summed E-state index contributed by atoms with van der Waals surface area (Å²) in [5, 5.41) is 5.42. The maximum Gasteiger partial charge on any atom is 0.268 e. The van der Waals surface area contributed by atoms with Gasteiger partial charge in [-0.1, -0.05) is 26.0 Å². The molecule has 5 nitrogen and oxygen atoms in total. The van der Waals surface area contributed by atoms with Crippen molar-refractivity contribution in [3.63, 3.8) is 0 Å². The van der Waals surface area contributed by atoms with Crippen molar-refractivity contribution in [1.29, 1.82) is 0 Å². The molecule has 2 rings (SSSR count). The van der Waals surface area contributed by atoms with Crippen LogP contribution in [-0.2, 0) is 9.59 Å². The van der Waals surface area contributed by atoms with E-state index in [1.54, 1.807) is 25.3 Å². The van der Waals surface area contributed by atoms with Gasteiger partial charge in [-0.05, 0) is 36.1 Å². The smallest absolute Gasteiger partial charge is 0.268 e. The molecule has 2 amide bonds. The molecule has 0 bridgehead atoms. The number of hydrogen-bond acceptors (Lipinski definition) is 3. The van der Waals surface area contributed by atoms with E-state index in [2.05, 4.69) is 10.6 Å². The van der Waals surface area contributed by atoms with Crippen LogP contribution in [0.25, 0.3) is 6.08 Å². The van der Waals surface area contributed by atoms with E-state index in [0.717, 1.165) is 11.3 Å². The predicted octanol–water partition coefficient (Wildman–Crippen LogP) is 1.70. The predicted molar refractivity (Wildman–Crippen MR) is 80.5 cm³/mol. The average molecular weight is 288 g/mol. The molecule has 2 N–H and O–H groups in total. The van der Waals surface area contributed by atoms with Crippen molar-refractivity contribution in [3.8, 4) is 5.75 Å². The highest BCUT2D eigenvalue weighted by atomic mass is 16.5. The first-order valence-electron chi connectivity index (χ1n) is 6.97. The number of hydrogen-bond donors (Lipinski definition) is 2. The highest BCUT2D eigenvalue weighted by molar-refractivity contribution is 6.07. The van der Waals surface area contributed by atoms with Gasteiger partial charge >= 0.3 is 0 Å². The van der Waals surface area contributed by atoms with E-state index < -0.39 is 6.04 Å². The first kappa shape index (κ1) is 15.1. The molecule has 0 aliphatic carbocycles. The first-order chi connectivity index (χ1) is 9.99. The number of methoxy groups -OCH3 is 1. The van der Waals surface area contributed by atoms with Crippen molar-refractivity contribution in [2.75, 3.05) is 7.11 Å². The van der Waals surface area contributed by atoms with Crippen LogP contribution in [0, 0.1) is 5.92 Å². The van der Waals surface area contributed by atoms with Crippen LogP contribution in [0.5, 0.6) is 5.75 Å². The van der Waals surface area contributed by atoms with Crippen molar-refractivity contribution >= 4 is 17.9 Å². The molecule has 0 saturated carbocycles. The summed E-state index contributed by atoms with van der Waals surface area (Å²) in [7, 11) is 1.59. The van der Waals surface area contributed by atoms with Crippen LogP contribution < -0.4 is 15.4 Å². The SMILES string of the molecule is COc1ccc(C=C2NC(=O)[C@H](CC(C)C)NC2=O)cc1. The van der Waals surface area contributed by atoms with E-state index in [1.807, 2.05) is 26.0 Å². The number of carbonyl (C=O) groups excluding carboxylic acids is 2. The molecule has 1 aliphatic rings. The van der Waals surface area contributed by atoms with E-state index in [0.29, 0.717) is 12.3 Å². The van der Waals surface area contributed by atoms with Crippen LogP contribution in [0.2, 0.25) is 0 Å². The molecule has 1 aliphatic heterocycles. The third-order valence-electron chi connectivity index (χ3n) is 3.26. The molecule has 0 spiro atoms. The number of amides is 2. The Morgan fingerprint density at radius 3 is 2.48 bits per heavy atom. The van der Waals surface area contributed by atoms with Crippen LogP contribution in [0.3, 0.4) is 0 Å². The highest BCUT2D eigenvalue weighted by Crippen LogP contribution is 2.15. The summed E-state index contributed by atoms with van der Waals surface area (Å²) in [5.41, 5.74) is 1.09. The van der Waals surface area contributed by atoms with Gasteiger partial charge in [-0.15, -0.1) is 0 Å². The lowest BCUT2D eigenvalue weighted by molar-refractivity contribution is -0.131. The van der Waals surface area contributed by atoms with Gasteiger partial charge in [0.1, 0.15) is 17.5 Å². The number of nitrogens with one attached hydrogen (secondary N) is 2. The van der Waals surface area contributed by atoms with Gasteiger partial charge in [0.05, 0.1) is 7.11 Å². The lowest BCUT2D eigenvalue weighted by atomic mass is 10.0. The second-order valence-electron chi connectivity index (χ2n) is 5.48. The Labute approximate surface area is 124 Å². The van der Waals surface area contributed by atoms with Gasteiger partial charge in [0.15, 0.2) is 0 Å². The van der Waals surface area contributed by atoms with Gasteiger partial charge in [0.25, 0.3) is 5.91 Å². The van der Waals surface area contributed by atoms with Crippen molar-refractivity contribution < 1.29 is 14.3 Å². The van der Waals surface area contributed by atoms with E-state index in [4.69, 9.17) is 4.74 Å². The van der Waals surface area contributed by atoms with Crippen molar-refractivity contribution in [3.05, 3.63) is 35.5 Å². The molecule has 1 fully saturated rings. The third-order valence-corrected chi connectivity index (χ3v) is 3.26. The zero-order valence-corrected chi connectivity index (χ0v) is 12.5. The van der Waals surface area contributed by atoms with Gasteiger partial charge in [0, 0.05) is 0 Å². The summed E-state index contributed by atoms with van der Waals surface area (Å²) in [6.45, 7) is 4.03. The van der Waals surface area contributed by atoms with E-state index in [9.17, 15) is 9.59 Å². The summed E-state index contributed by atoms with van der Waals surface area (Å²) in [4.78, 5) is 24.0. The van der Waals surface area contributed by atoms with Crippen molar-refractivity contribution in [1.82, 2.24) is 10.6 Å². The lowest BCUT2D eigenvalue weighted by Gasteiger charge is -2.26. The molecule has 21 heavy (non-hydrogen) atoms. The van der Waals surface area contributed by atoms with Crippen LogP contribution in [0.4, 0.5) is 0 Å². The van der Waals surface area contributed by atoms with E-state index >= 15 is 0 Å². The van der Waals surface area contributed by atoms with Crippen molar-refractivity contribution in [2.45, 2.75) is 26.3 Å². The molecule has 0 radical (unpaired) electrons. The molecular weight excluding hydrogens is 268 g/mol. The number of ether oxygens (including phenoxy) is 1. The number of piperazine rings is 1. The van der Waals surface area contributed by atoms with Crippen LogP contribution >= 0.6 is 0 Å². The van der Waals surface area contributed by atoms with Crippen molar-refractivity contribution in [2.24, 2.45) is 5.92 Å². The Bertz CT molecular complexity index is 561. The normalized spacial score (nSPS) is 20.4. The minimum absolute atomic E-state index is 0.164. The monoisotopic (exact) mass is 288 g/mol. The molecule has 1 heterocycles. The maximum atomic E-state index is 12.0. The molecule has 5 heteroatoms. The fraction of sp³-hybridized carbons (Fsp3) is 0.375. The largest absolute Gasteiger partial charge is 0.497 e. The first-order valence-corrected chi connectivity index (χ1v) is 6.97. The maximum absolute atomic E-state index is 12.0. The summed E-state index contributed by atoms with van der Waals surface area (Å²) in [5.74, 6) is 0.665. The third kappa shape index (κ3) is 3.84. The zero-order valence-electron chi connectivity index (χ0n) is 12.5. The molecule has 1 aromatic carbocycles. The number of benzene rings is 1. The number of rotatable bonds is 4. The molecule has 0 unspecified atom stereocenters. The highest BCUT2D eigenvalue weighted by Gasteiger charge is 2.29. The van der Waals surface area contributed by atoms with Gasteiger partial charge in [-0.3, -0.25) is 9.59 Å². The summed E-state index contributed by atoms with van der Waals surface area (Å²) in [6.07, 6.45) is 2.28. The lowest BCUT2D eigenvalue weighted by Crippen LogP contribution is -2.55. The topological polar surface area (TPSA) is 67.4 Å². The fourth-order valence-electron chi connectivity index (χ4n) is 2.18. The van der Waals surface area contributed by atoms with Crippen LogP contribution in [0.15, 0.2) is 30.0 Å². The Balaban J connectivity index is 2.12. The standard InChI is InChI=1S/C16H20N2O3/c1-10(2)8-13-15(19)18-14(16(20)17-13)9-11-4-6-12(21-3)7-5-11/h4-7,9-10,13H,8H2,1-3H3,(H,17,20)(H,18,19)/t13-/m0/s1. The molecule has 1 aromatic rings. The molecule has 1 saturated heterocycles. The molecule has 112 valence electrons. The zero-order chi connectivity index (χ0) is 15.4. The van der Waals surface area contributed by atoms with Crippen LogP contribution in [0.1, 0.15) is 25.8 Å². The Kier molecular flexibility index (Phi) is 4.62. The van der Waals surface area contributed by atoms with E-state index in [-0.39, 0.29) is 17.5 Å². The molecular formula is C16H20N2O3. The summed E-state index contributed by atoms with van der Waals surface area (Å²) < 4.78 is 5.08. The second-order valence-corrected chi connectivity index (χ2v) is 5.48. The average Bonchev–Trinajstić information content (AvgIpc) is 2.44. The van der Waals surface area contributed by atoms with Crippen LogP contribution in [-0.4, -0.2) is 25.0 Å². The summed E-state index contributed by atoms with van der Waals surface area (Å²) in [6, 6.07) is 6.80. The van der Waals surface area contributed by atoms with Gasteiger partial charge in [0.2, 0.25) is 5.91 Å². The van der Waals surface area contributed by atoms with Gasteiger partial charge < -0.3 is 15.4 Å². The molecule has 1 atom stereocenters. The summed E-state index contributed by atoms with van der Waals surface area (Å²) >= 11 is 0. The Morgan fingerprint density at radius 2 is 1.90 bits per heavy atom. The molecule has 0 aromatic heterocycles. The van der Waals surface area contributed by atoms with E-state index in [1.165, 1.54) is 0 Å². The van der Waals surface area contributed by atoms with Gasteiger partial charge in [-0.25, -0.2) is 0 Å². The number of carbonyl (C=O) groups is 2. The minimum Gasteiger partial charge on any atom is -0.497 e. The minimum atomic E-state index is -0.453.